The second kappa shape index (κ2) is 12.0. The van der Waals surface area contributed by atoms with E-state index in [4.69, 9.17) is 14.5 Å². The molecule has 0 saturated carbocycles. The normalized spacial score (nSPS) is 11.1. The monoisotopic (exact) mass is 524 g/mol. The first kappa shape index (κ1) is 25.6. The number of para-hydroxylation sites is 1. The Balaban J connectivity index is 1.54. The molecule has 2 aromatic heterocycles. The Hall–Kier alpha value is -4.01. The average Bonchev–Trinajstić information content (AvgIpc) is 3.38. The maximum absolute atomic E-state index is 12.0. The molecule has 5 aromatic rings. The van der Waals surface area contributed by atoms with Crippen molar-refractivity contribution in [2.45, 2.75) is 23.9 Å². The van der Waals surface area contributed by atoms with Crippen LogP contribution in [-0.2, 0) is 21.8 Å². The molecule has 0 N–H and O–H groups in total. The summed E-state index contributed by atoms with van der Waals surface area (Å²) in [6, 6.07) is 27.9. The van der Waals surface area contributed by atoms with Crippen molar-refractivity contribution in [1.82, 2.24) is 19.7 Å². The van der Waals surface area contributed by atoms with Crippen LogP contribution in [0.25, 0.3) is 33.5 Å². The Labute approximate surface area is 225 Å². The van der Waals surface area contributed by atoms with Gasteiger partial charge in [-0.2, -0.15) is 0 Å². The smallest absolute Gasteiger partial charge is 0.337 e. The molecule has 0 atom stereocenters. The number of carbonyl (C=O) groups is 1. The number of pyridine rings is 1. The molecule has 7 nitrogen and oxygen atoms in total. The highest BCUT2D eigenvalue weighted by atomic mass is 32.2. The zero-order valence-corrected chi connectivity index (χ0v) is 22.1. The van der Waals surface area contributed by atoms with Crippen molar-refractivity contribution in [2.24, 2.45) is 0 Å². The van der Waals surface area contributed by atoms with Crippen LogP contribution in [0, 0.1) is 0 Å². The molecule has 0 fully saturated rings. The van der Waals surface area contributed by atoms with Crippen LogP contribution in [0.4, 0.5) is 0 Å². The number of fused-ring (bicyclic) bond motifs is 1. The number of nitrogens with zero attached hydrogens (tertiary/aromatic N) is 4. The molecule has 0 amide bonds. The van der Waals surface area contributed by atoms with E-state index >= 15 is 0 Å². The largest absolute Gasteiger partial charge is 0.465 e. The fourth-order valence-corrected chi connectivity index (χ4v) is 5.24. The molecule has 0 unspecified atom stereocenters. The van der Waals surface area contributed by atoms with E-state index in [-0.39, 0.29) is 5.97 Å². The summed E-state index contributed by atoms with van der Waals surface area (Å²) in [6.45, 7) is 1.34. The van der Waals surface area contributed by atoms with E-state index in [0.717, 1.165) is 50.7 Å². The maximum atomic E-state index is 12.0. The van der Waals surface area contributed by atoms with Crippen molar-refractivity contribution >= 4 is 28.6 Å². The van der Waals surface area contributed by atoms with E-state index in [1.54, 1.807) is 24.9 Å². The zero-order chi connectivity index (χ0) is 26.3. The van der Waals surface area contributed by atoms with Gasteiger partial charge in [0.2, 0.25) is 0 Å². The Morgan fingerprint density at radius 3 is 2.55 bits per heavy atom. The van der Waals surface area contributed by atoms with Crippen LogP contribution in [0.1, 0.15) is 22.3 Å². The van der Waals surface area contributed by atoms with Gasteiger partial charge in [-0.15, -0.1) is 10.2 Å². The number of carbonyl (C=O) groups excluding carboxylic acids is 1. The minimum atomic E-state index is -0.347. The van der Waals surface area contributed by atoms with Crippen molar-refractivity contribution in [1.29, 1.82) is 0 Å². The third-order valence-electron chi connectivity index (χ3n) is 6.19. The van der Waals surface area contributed by atoms with Crippen molar-refractivity contribution in [3.8, 4) is 22.6 Å². The lowest BCUT2D eigenvalue weighted by Gasteiger charge is -2.13. The van der Waals surface area contributed by atoms with Crippen molar-refractivity contribution in [3.05, 3.63) is 96.1 Å². The Kier molecular flexibility index (Phi) is 8.11. The lowest BCUT2D eigenvalue weighted by molar-refractivity contribution is 0.0600. The second-order valence-corrected chi connectivity index (χ2v) is 9.67. The van der Waals surface area contributed by atoms with Gasteiger partial charge in [-0.3, -0.25) is 0 Å². The topological polar surface area (TPSA) is 79.1 Å². The van der Waals surface area contributed by atoms with Crippen molar-refractivity contribution in [3.63, 3.8) is 0 Å². The number of ether oxygens (including phenoxy) is 2. The van der Waals surface area contributed by atoms with Crippen LogP contribution in [-0.4, -0.2) is 46.5 Å². The zero-order valence-electron chi connectivity index (χ0n) is 21.3. The third kappa shape index (κ3) is 5.61. The van der Waals surface area contributed by atoms with Crippen molar-refractivity contribution < 1.29 is 14.3 Å². The van der Waals surface area contributed by atoms with Crippen LogP contribution in [0.5, 0.6) is 0 Å². The molecule has 5 rings (SSSR count). The van der Waals surface area contributed by atoms with Gasteiger partial charge in [0, 0.05) is 42.5 Å². The molecule has 0 aliphatic rings. The Morgan fingerprint density at radius 2 is 1.74 bits per heavy atom. The molecular weight excluding hydrogens is 496 g/mol. The minimum Gasteiger partial charge on any atom is -0.465 e. The van der Waals surface area contributed by atoms with E-state index in [2.05, 4.69) is 39.0 Å². The lowest BCUT2D eigenvalue weighted by Crippen LogP contribution is -2.06. The van der Waals surface area contributed by atoms with Gasteiger partial charge in [-0.25, -0.2) is 9.78 Å². The van der Waals surface area contributed by atoms with Gasteiger partial charge in [0.05, 0.1) is 23.9 Å². The molecule has 0 aliphatic heterocycles. The number of thioether (sulfide) groups is 1. The van der Waals surface area contributed by atoms with Crippen LogP contribution in [0.2, 0.25) is 0 Å². The van der Waals surface area contributed by atoms with Gasteiger partial charge in [0.25, 0.3) is 0 Å². The first-order chi connectivity index (χ1) is 18.7. The number of rotatable bonds is 10. The molecule has 192 valence electrons. The van der Waals surface area contributed by atoms with Crippen LogP contribution < -0.4 is 0 Å². The van der Waals surface area contributed by atoms with Crippen LogP contribution in [0.15, 0.2) is 90.1 Å². The summed E-state index contributed by atoms with van der Waals surface area (Å²) in [5.74, 6) is 1.09. The highest BCUT2D eigenvalue weighted by Gasteiger charge is 2.19. The second-order valence-electron chi connectivity index (χ2n) is 8.72. The predicted molar refractivity (Wildman–Crippen MR) is 150 cm³/mol. The molecule has 3 aromatic carbocycles. The molecule has 0 aliphatic carbocycles. The van der Waals surface area contributed by atoms with E-state index in [9.17, 15) is 4.79 Å². The SMILES string of the molecule is COCCCn1c(SCc2cccc(C(=O)OC)c2)nnc1-c1cc(-c2ccccc2)nc2ccccc12. The number of esters is 1. The van der Waals surface area contributed by atoms with Gasteiger partial charge in [0.15, 0.2) is 11.0 Å². The standard InChI is InChI=1S/C30H28N4O3S/c1-36-17-9-16-34-28(32-33-30(34)38-20-21-10-8-13-23(18-21)29(35)37-2)25-19-27(22-11-4-3-5-12-22)31-26-15-7-6-14-24(25)26/h3-8,10-15,18-19H,9,16-17,20H2,1-2H3. The number of hydrogen-bond acceptors (Lipinski definition) is 7. The molecule has 0 saturated heterocycles. The van der Waals surface area contributed by atoms with Crippen LogP contribution in [0.3, 0.4) is 0 Å². The average molecular weight is 525 g/mol. The van der Waals surface area contributed by atoms with E-state index in [1.807, 2.05) is 54.6 Å². The van der Waals surface area contributed by atoms with E-state index in [1.165, 1.54) is 7.11 Å². The number of methoxy groups -OCH3 is 2. The molecule has 0 spiro atoms. The number of aromatic nitrogens is 4. The highest BCUT2D eigenvalue weighted by Crippen LogP contribution is 2.33. The Bertz CT molecular complexity index is 1550. The van der Waals surface area contributed by atoms with E-state index in [0.29, 0.717) is 24.5 Å². The number of hydrogen-bond donors (Lipinski definition) is 0. The molecule has 2 heterocycles. The summed E-state index contributed by atoms with van der Waals surface area (Å²) >= 11 is 1.59. The summed E-state index contributed by atoms with van der Waals surface area (Å²) in [5.41, 5.74) is 5.36. The Morgan fingerprint density at radius 1 is 0.921 bits per heavy atom. The first-order valence-electron chi connectivity index (χ1n) is 12.4. The molecule has 0 bridgehead atoms. The fraction of sp³-hybridized carbons (Fsp3) is 0.200. The van der Waals surface area contributed by atoms with Gasteiger partial charge in [0.1, 0.15) is 0 Å². The van der Waals surface area contributed by atoms with Gasteiger partial charge < -0.3 is 14.0 Å². The first-order valence-corrected chi connectivity index (χ1v) is 13.3. The summed E-state index contributed by atoms with van der Waals surface area (Å²) in [6.07, 6.45) is 0.821. The summed E-state index contributed by atoms with van der Waals surface area (Å²) in [4.78, 5) is 16.9. The number of benzene rings is 3. The quantitative estimate of drug-likeness (QED) is 0.121. The van der Waals surface area contributed by atoms with Gasteiger partial charge >= 0.3 is 5.97 Å². The molecular formula is C30H28N4O3S. The van der Waals surface area contributed by atoms with Gasteiger partial charge in [-0.05, 0) is 36.2 Å². The van der Waals surface area contributed by atoms with Crippen molar-refractivity contribution in [2.75, 3.05) is 20.8 Å². The summed E-state index contributed by atoms with van der Waals surface area (Å²) in [5, 5.41) is 11.1. The van der Waals surface area contributed by atoms with Crippen LogP contribution >= 0.6 is 11.8 Å². The molecule has 8 heteroatoms. The maximum Gasteiger partial charge on any atom is 0.337 e. The molecule has 38 heavy (non-hydrogen) atoms. The fourth-order valence-electron chi connectivity index (χ4n) is 4.33. The minimum absolute atomic E-state index is 0.347. The lowest BCUT2D eigenvalue weighted by atomic mass is 10.0. The molecule has 0 radical (unpaired) electrons. The highest BCUT2D eigenvalue weighted by molar-refractivity contribution is 7.98. The third-order valence-corrected chi connectivity index (χ3v) is 7.23. The predicted octanol–water partition coefficient (Wildman–Crippen LogP) is 6.28. The van der Waals surface area contributed by atoms with Gasteiger partial charge in [-0.1, -0.05) is 72.4 Å². The summed E-state index contributed by atoms with van der Waals surface area (Å²) < 4.78 is 12.4. The summed E-state index contributed by atoms with van der Waals surface area (Å²) in [7, 11) is 3.10. The van der Waals surface area contributed by atoms with E-state index < -0.39 is 0 Å².